The molecule has 0 aromatic rings. The number of rotatable bonds is 4. The van der Waals surface area contributed by atoms with Crippen LogP contribution in [0.5, 0.6) is 0 Å². The van der Waals surface area contributed by atoms with E-state index in [1.54, 1.807) is 5.57 Å². The van der Waals surface area contributed by atoms with Gasteiger partial charge in [-0.05, 0) is 0 Å². The molecule has 4 rings (SSSR count). The van der Waals surface area contributed by atoms with E-state index >= 15 is 0 Å². The van der Waals surface area contributed by atoms with Crippen LogP contribution in [-0.2, 0) is 23.2 Å². The Labute approximate surface area is 190 Å². The van der Waals surface area contributed by atoms with Crippen molar-refractivity contribution < 1.29 is 48.0 Å². The van der Waals surface area contributed by atoms with E-state index in [9.17, 15) is 0 Å². The minimum atomic E-state index is -0.518. The molecule has 0 N–H and O–H groups in total. The van der Waals surface area contributed by atoms with Crippen LogP contribution in [-0.4, -0.2) is 0 Å². The molecule has 1 fully saturated rings. The third-order valence-corrected chi connectivity index (χ3v) is 11.3. The largest absolute Gasteiger partial charge is 1.00 e. The first-order chi connectivity index (χ1) is 12.1. The minimum absolute atomic E-state index is 0. The van der Waals surface area contributed by atoms with E-state index in [2.05, 4.69) is 45.1 Å². The molecule has 0 amide bonds. The minimum Gasteiger partial charge on any atom is -1.00 e. The molecule has 0 bridgehead atoms. The molecule has 27 heavy (non-hydrogen) atoms. The van der Waals surface area contributed by atoms with Crippen molar-refractivity contribution in [3.8, 4) is 0 Å². The molecule has 0 aliphatic heterocycles. The van der Waals surface area contributed by atoms with Crippen molar-refractivity contribution >= 4 is 0 Å². The normalized spacial score (nSPS) is 32.3. The number of allylic oxidation sites excluding steroid dienone is 8. The van der Waals surface area contributed by atoms with Gasteiger partial charge in [-0.2, -0.15) is 0 Å². The van der Waals surface area contributed by atoms with Gasteiger partial charge in [0, 0.05) is 0 Å². The Balaban J connectivity index is 0.00000131. The summed E-state index contributed by atoms with van der Waals surface area (Å²) in [6.07, 6.45) is 21.2. The summed E-state index contributed by atoms with van der Waals surface area (Å²) in [5.74, 6) is 3.59. The fourth-order valence-corrected chi connectivity index (χ4v) is 10.1. The first-order valence-electron chi connectivity index (χ1n) is 10.7. The maximum Gasteiger partial charge on any atom is -1.00 e. The molecule has 3 heteroatoms. The Morgan fingerprint density at radius 1 is 1.07 bits per heavy atom. The fraction of sp³-hybridized carbons (Fsp3) is 0.667. The Kier molecular flexibility index (Phi) is 9.17. The van der Waals surface area contributed by atoms with E-state index in [1.807, 2.05) is 14.4 Å². The first kappa shape index (κ1) is 23.7. The molecule has 4 aliphatic carbocycles. The maximum absolute atomic E-state index is 2.75. The summed E-state index contributed by atoms with van der Waals surface area (Å²) < 4.78 is 2.75. The number of halogens is 2. The summed E-state index contributed by atoms with van der Waals surface area (Å²) >= 11 is -0.518. The monoisotopic (exact) mass is 482 g/mol. The molecule has 0 spiro atoms. The summed E-state index contributed by atoms with van der Waals surface area (Å²) in [6, 6.07) is 0. The van der Waals surface area contributed by atoms with Gasteiger partial charge in [0.2, 0.25) is 0 Å². The van der Waals surface area contributed by atoms with Crippen molar-refractivity contribution in [3.63, 3.8) is 0 Å². The quantitative estimate of drug-likeness (QED) is 0.563. The average molecular weight is 485 g/mol. The third kappa shape index (κ3) is 5.13. The van der Waals surface area contributed by atoms with Crippen molar-refractivity contribution in [2.45, 2.75) is 75.8 Å². The predicted molar refractivity (Wildman–Crippen MR) is 104 cm³/mol. The Morgan fingerprint density at radius 3 is 2.56 bits per heavy atom. The zero-order valence-corrected chi connectivity index (χ0v) is 21.1. The fourth-order valence-electron chi connectivity index (χ4n) is 5.75. The third-order valence-electron chi connectivity index (χ3n) is 7.13. The molecule has 0 aromatic carbocycles. The van der Waals surface area contributed by atoms with Crippen LogP contribution in [0.2, 0.25) is 3.63 Å². The van der Waals surface area contributed by atoms with Gasteiger partial charge in [0.05, 0.1) is 0 Å². The second kappa shape index (κ2) is 10.5. The van der Waals surface area contributed by atoms with Gasteiger partial charge in [-0.1, -0.05) is 0 Å². The summed E-state index contributed by atoms with van der Waals surface area (Å²) in [7, 11) is 0. The molecule has 1 saturated carbocycles. The van der Waals surface area contributed by atoms with Gasteiger partial charge < -0.3 is 24.8 Å². The van der Waals surface area contributed by atoms with Crippen LogP contribution in [0.3, 0.4) is 0 Å². The van der Waals surface area contributed by atoms with Crippen molar-refractivity contribution in [3.05, 3.63) is 44.3 Å². The number of hydrogen-bond donors (Lipinski definition) is 0. The van der Waals surface area contributed by atoms with Gasteiger partial charge >= 0.3 is 167 Å². The zero-order chi connectivity index (χ0) is 17.4. The topological polar surface area (TPSA) is 0 Å². The molecule has 148 valence electrons. The predicted octanol–water partition coefficient (Wildman–Crippen LogP) is 1.23. The first-order valence-corrected chi connectivity index (χ1v) is 13.3. The van der Waals surface area contributed by atoms with E-state index in [0.717, 1.165) is 27.3 Å². The van der Waals surface area contributed by atoms with Gasteiger partial charge in [-0.3, -0.25) is 0 Å². The standard InChI is InChI=1S/C19H29.C5H5.2ClH.Zr/c1-13(2)18-9-8-14(3)10-19(18)17-11-15-6-4-5-7-16(15)12-17;1-2-4-5-3-1;;;/h11-14,18-19H,4-10H2,1-3H3;1-3H,4H2;2*1H;/q;;;;+2/p-2/t14-,18+,19?;;;;/m1..../s1. The average Bonchev–Trinajstić information content (AvgIpc) is 3.23. The second-order valence-electron chi connectivity index (χ2n) is 9.24. The van der Waals surface area contributed by atoms with Gasteiger partial charge in [0.25, 0.3) is 0 Å². The molecule has 0 heterocycles. The van der Waals surface area contributed by atoms with E-state index in [1.165, 1.54) is 51.4 Å². The van der Waals surface area contributed by atoms with Crippen LogP contribution >= 0.6 is 0 Å². The van der Waals surface area contributed by atoms with Crippen LogP contribution in [0.15, 0.2) is 44.3 Å². The van der Waals surface area contributed by atoms with E-state index in [4.69, 9.17) is 0 Å². The molecular weight excluding hydrogens is 450 g/mol. The van der Waals surface area contributed by atoms with Crippen LogP contribution in [0.1, 0.15) is 72.1 Å². The van der Waals surface area contributed by atoms with Gasteiger partial charge in [-0.15, -0.1) is 0 Å². The van der Waals surface area contributed by atoms with Crippen LogP contribution in [0, 0.1) is 23.7 Å². The van der Waals surface area contributed by atoms with Crippen molar-refractivity contribution in [1.29, 1.82) is 0 Å². The van der Waals surface area contributed by atoms with E-state index in [0.29, 0.717) is 0 Å². The second-order valence-corrected chi connectivity index (χ2v) is 12.9. The smallest absolute Gasteiger partial charge is 1.00 e. The molecular formula is C24H34Cl2Zr. The molecule has 4 atom stereocenters. The number of hydrogen-bond acceptors (Lipinski definition) is 0. The van der Waals surface area contributed by atoms with E-state index in [-0.39, 0.29) is 24.8 Å². The van der Waals surface area contributed by atoms with Gasteiger partial charge in [0.1, 0.15) is 0 Å². The molecule has 2 unspecified atom stereocenters. The molecule has 0 nitrogen and oxygen atoms in total. The van der Waals surface area contributed by atoms with Crippen molar-refractivity contribution in [2.24, 2.45) is 23.7 Å². The Bertz CT molecular complexity index is 641. The van der Waals surface area contributed by atoms with Crippen molar-refractivity contribution in [2.75, 3.05) is 0 Å². The summed E-state index contributed by atoms with van der Waals surface area (Å²) in [5.41, 5.74) is 5.64. The molecule has 4 aliphatic rings. The molecule has 0 radical (unpaired) electrons. The van der Waals surface area contributed by atoms with Crippen LogP contribution < -0.4 is 24.8 Å². The van der Waals surface area contributed by atoms with Gasteiger partial charge in [-0.25, -0.2) is 0 Å². The maximum atomic E-state index is 2.75. The molecule has 0 aromatic heterocycles. The summed E-state index contributed by atoms with van der Waals surface area (Å²) in [6.45, 7) is 7.47. The zero-order valence-electron chi connectivity index (χ0n) is 17.1. The van der Waals surface area contributed by atoms with E-state index < -0.39 is 23.2 Å². The Hall–Kier alpha value is 0.423. The van der Waals surface area contributed by atoms with Gasteiger partial charge in [0.15, 0.2) is 0 Å². The van der Waals surface area contributed by atoms with Crippen LogP contribution in [0.4, 0.5) is 0 Å². The summed E-state index contributed by atoms with van der Waals surface area (Å²) in [4.78, 5) is 0. The molecule has 0 saturated heterocycles. The SMILES string of the molecule is CC(C)[C@@H]1CC[C@@H](C)CC1C1=CC2=C(CCCC2)[CH]1[Zr+2][C]1=CC=CC1.[Cl-].[Cl-]. The summed E-state index contributed by atoms with van der Waals surface area (Å²) in [5, 5.41) is 0. The van der Waals surface area contributed by atoms with Crippen molar-refractivity contribution in [1.82, 2.24) is 0 Å². The van der Waals surface area contributed by atoms with Crippen LogP contribution in [0.25, 0.3) is 0 Å². The Morgan fingerprint density at radius 2 is 1.85 bits per heavy atom.